The highest BCUT2D eigenvalue weighted by Gasteiger charge is 2.45. The highest BCUT2D eigenvalue weighted by Crippen LogP contribution is 2.48. The van der Waals surface area contributed by atoms with Crippen LogP contribution in [-0.4, -0.2) is 15.8 Å². The Morgan fingerprint density at radius 2 is 1.82 bits per heavy atom. The van der Waals surface area contributed by atoms with Gasteiger partial charge in [-0.2, -0.15) is 0 Å². The van der Waals surface area contributed by atoms with Crippen molar-refractivity contribution < 1.29 is 18.7 Å². The van der Waals surface area contributed by atoms with Crippen molar-refractivity contribution in [1.82, 2.24) is 0 Å². The van der Waals surface area contributed by atoms with Crippen LogP contribution in [0.5, 0.6) is 5.75 Å². The number of ketones is 1. The number of hydrogen-bond acceptors (Lipinski definition) is 4. The minimum absolute atomic E-state index is 0.0640. The molecular weight excluding hydrogens is 435 g/mol. The van der Waals surface area contributed by atoms with Gasteiger partial charge in [0.15, 0.2) is 17.3 Å². The Hall–Kier alpha value is -2.53. The number of thiocarbonyl (C=S) groups is 1. The summed E-state index contributed by atoms with van der Waals surface area (Å²) < 4.78 is 20.0. The molecule has 5 rings (SSSR count). The molecule has 1 aromatic heterocycles. The van der Waals surface area contributed by atoms with Crippen molar-refractivity contribution in [3.05, 3.63) is 59.1 Å². The van der Waals surface area contributed by atoms with Crippen molar-refractivity contribution >= 4 is 28.9 Å². The first-order chi connectivity index (χ1) is 15.8. The summed E-state index contributed by atoms with van der Waals surface area (Å²) in [5, 5.41) is 9.57. The summed E-state index contributed by atoms with van der Waals surface area (Å²) in [7, 11) is 0. The Bertz CT molecular complexity index is 1170. The fourth-order valence-corrected chi connectivity index (χ4v) is 6.62. The molecule has 0 aliphatic heterocycles. The van der Waals surface area contributed by atoms with Gasteiger partial charge < -0.3 is 9.52 Å². The molecule has 0 radical (unpaired) electrons. The fourth-order valence-electron chi connectivity index (χ4n) is 6.21. The summed E-state index contributed by atoms with van der Waals surface area (Å²) in [6, 6.07) is 6.44. The van der Waals surface area contributed by atoms with E-state index in [1.807, 2.05) is 0 Å². The predicted octanol–water partition coefficient (Wildman–Crippen LogP) is 7.21. The Morgan fingerprint density at radius 1 is 1.09 bits per heavy atom. The maximum Gasteiger partial charge on any atom is 0.172 e. The maximum absolute atomic E-state index is 14.1. The summed E-state index contributed by atoms with van der Waals surface area (Å²) in [5.74, 6) is 1.61. The van der Waals surface area contributed by atoms with Crippen LogP contribution in [0.2, 0.25) is 0 Å². The lowest BCUT2D eigenvalue weighted by atomic mass is 9.64. The van der Waals surface area contributed by atoms with E-state index in [0.717, 1.165) is 24.7 Å². The van der Waals surface area contributed by atoms with Gasteiger partial charge in [0, 0.05) is 16.0 Å². The molecule has 4 atom stereocenters. The summed E-state index contributed by atoms with van der Waals surface area (Å²) in [4.78, 5) is 14.2. The molecule has 1 N–H and O–H groups in total. The van der Waals surface area contributed by atoms with E-state index in [4.69, 9.17) is 16.6 Å². The Balaban J connectivity index is 1.39. The third-order valence-electron chi connectivity index (χ3n) is 8.05. The first-order valence-electron chi connectivity index (χ1n) is 11.9. The molecule has 0 saturated heterocycles. The van der Waals surface area contributed by atoms with Crippen molar-refractivity contribution in [2.24, 2.45) is 23.7 Å². The number of carbonyl (C=O) groups excluding carboxylic acids is 1. The molecule has 3 aliphatic carbocycles. The average molecular weight is 465 g/mol. The summed E-state index contributed by atoms with van der Waals surface area (Å²) >= 11 is 5.73. The first-order valence-corrected chi connectivity index (χ1v) is 12.3. The lowest BCUT2D eigenvalue weighted by molar-refractivity contribution is -0.118. The molecule has 4 unspecified atom stereocenters. The molecule has 3 aliphatic rings. The summed E-state index contributed by atoms with van der Waals surface area (Å²) in [6.45, 7) is 5.74. The van der Waals surface area contributed by atoms with E-state index in [1.54, 1.807) is 31.2 Å². The van der Waals surface area contributed by atoms with Crippen LogP contribution >= 0.6 is 12.2 Å². The molecule has 1 aromatic carbocycles. The molecule has 1 heterocycles. The molecule has 0 amide bonds. The fraction of sp³-hybridized carbons (Fsp3) is 0.429. The van der Waals surface area contributed by atoms with Crippen molar-refractivity contribution in [3.63, 3.8) is 0 Å². The first kappa shape index (κ1) is 22.3. The highest BCUT2D eigenvalue weighted by atomic mass is 32.1. The van der Waals surface area contributed by atoms with E-state index in [0.29, 0.717) is 44.6 Å². The second kappa shape index (κ2) is 8.68. The number of aromatic hydroxyl groups is 1. The molecule has 0 spiro atoms. The number of halogens is 1. The average Bonchev–Trinajstić information content (AvgIpc) is 3.36. The maximum atomic E-state index is 14.1. The quantitative estimate of drug-likeness (QED) is 0.385. The molecular formula is C28H29FO3S. The number of furan rings is 1. The van der Waals surface area contributed by atoms with Gasteiger partial charge in [-0.25, -0.2) is 4.39 Å². The lowest BCUT2D eigenvalue weighted by Gasteiger charge is -2.40. The number of phenols is 1. The topological polar surface area (TPSA) is 50.4 Å². The third-order valence-corrected chi connectivity index (χ3v) is 8.55. The minimum atomic E-state index is -0.663. The van der Waals surface area contributed by atoms with E-state index < -0.39 is 5.82 Å². The van der Waals surface area contributed by atoms with E-state index in [2.05, 4.69) is 6.58 Å². The molecule has 0 bridgehead atoms. The normalized spacial score (nSPS) is 29.0. The molecule has 33 heavy (non-hydrogen) atoms. The number of Topliss-reactive ketones (excluding diaryl/α,β-unsaturated/α-hetero) is 1. The largest absolute Gasteiger partial charge is 0.505 e. The van der Waals surface area contributed by atoms with E-state index >= 15 is 0 Å². The van der Waals surface area contributed by atoms with Gasteiger partial charge in [-0.1, -0.05) is 44.5 Å². The number of phenolic OH excluding ortho intramolecular Hbond substituents is 1. The molecule has 5 heteroatoms. The molecule has 3 nitrogen and oxygen atoms in total. The van der Waals surface area contributed by atoms with Gasteiger partial charge in [0.25, 0.3) is 0 Å². The number of rotatable bonds is 3. The van der Waals surface area contributed by atoms with Gasteiger partial charge >= 0.3 is 0 Å². The summed E-state index contributed by atoms with van der Waals surface area (Å²) in [6.07, 6.45) is 10.4. The van der Waals surface area contributed by atoms with Crippen LogP contribution in [0.3, 0.4) is 0 Å². The van der Waals surface area contributed by atoms with Crippen molar-refractivity contribution in [2.45, 2.75) is 51.9 Å². The van der Waals surface area contributed by atoms with Crippen LogP contribution < -0.4 is 0 Å². The van der Waals surface area contributed by atoms with Gasteiger partial charge in [0.05, 0.1) is 5.92 Å². The van der Waals surface area contributed by atoms with Crippen LogP contribution in [0.4, 0.5) is 4.39 Å². The van der Waals surface area contributed by atoms with Crippen LogP contribution in [0.15, 0.2) is 46.4 Å². The Labute approximate surface area is 199 Å². The number of allylic oxidation sites excluding steroid dienone is 2. The van der Waals surface area contributed by atoms with Crippen molar-refractivity contribution in [2.75, 3.05) is 0 Å². The number of carbonyl (C=O) groups is 1. The summed E-state index contributed by atoms with van der Waals surface area (Å²) in [5.41, 5.74) is 2.04. The molecule has 3 saturated carbocycles. The van der Waals surface area contributed by atoms with Crippen LogP contribution in [0.1, 0.15) is 56.3 Å². The monoisotopic (exact) mass is 464 g/mol. The predicted molar refractivity (Wildman–Crippen MR) is 132 cm³/mol. The van der Waals surface area contributed by atoms with Gasteiger partial charge in [-0.3, -0.25) is 4.79 Å². The van der Waals surface area contributed by atoms with Crippen LogP contribution in [0.25, 0.3) is 17.4 Å². The van der Waals surface area contributed by atoms with Crippen LogP contribution in [0, 0.1) is 36.4 Å². The zero-order valence-corrected chi connectivity index (χ0v) is 19.7. The van der Waals surface area contributed by atoms with E-state index in [9.17, 15) is 14.3 Å². The zero-order chi connectivity index (χ0) is 23.3. The Kier molecular flexibility index (Phi) is 5.86. The number of fused-ring (bicyclic) bond motifs is 1. The van der Waals surface area contributed by atoms with Gasteiger partial charge in [-0.15, -0.1) is 0 Å². The highest BCUT2D eigenvalue weighted by molar-refractivity contribution is 7.81. The smallest absolute Gasteiger partial charge is 0.172 e. The molecule has 172 valence electrons. The molecule has 2 aromatic rings. The van der Waals surface area contributed by atoms with Gasteiger partial charge in [-0.05, 0) is 85.4 Å². The second-order valence-corrected chi connectivity index (χ2v) is 10.3. The molecule has 3 fully saturated rings. The zero-order valence-electron chi connectivity index (χ0n) is 18.9. The van der Waals surface area contributed by atoms with Gasteiger partial charge in [0.1, 0.15) is 11.5 Å². The second-order valence-electron chi connectivity index (χ2n) is 9.89. The van der Waals surface area contributed by atoms with E-state index in [-0.39, 0.29) is 17.5 Å². The van der Waals surface area contributed by atoms with Crippen molar-refractivity contribution in [1.29, 1.82) is 0 Å². The van der Waals surface area contributed by atoms with E-state index in [1.165, 1.54) is 38.2 Å². The van der Waals surface area contributed by atoms with Crippen LogP contribution in [-0.2, 0) is 4.79 Å². The van der Waals surface area contributed by atoms with Crippen molar-refractivity contribution in [3.8, 4) is 17.1 Å². The number of benzene rings is 1. The number of hydrogen-bond donors (Lipinski definition) is 1. The standard InChI is InChI=1S/C28H29FO3S/c1-15-21(10-11-23(30)26(15)29)24-12-9-20(32-24)14-22-16(2)28(33)25(27(22)31)19-8-7-17-5-3-4-6-18(17)13-19/h9-12,14,17-19,25,30H,2-8,13H2,1H3. The third kappa shape index (κ3) is 3.90. The minimum Gasteiger partial charge on any atom is -0.505 e. The lowest BCUT2D eigenvalue weighted by Crippen LogP contribution is -2.34. The van der Waals surface area contributed by atoms with Gasteiger partial charge in [0.2, 0.25) is 0 Å². The Morgan fingerprint density at radius 3 is 2.61 bits per heavy atom. The SMILES string of the molecule is C=C1C(=S)C(C2CCC3CCCCC3C2)C(=O)C1=Cc1ccc(-c2ccc(O)c(F)c2C)o1.